The highest BCUT2D eigenvalue weighted by Crippen LogP contribution is 2.47. The number of ether oxygens (including phenoxy) is 2. The van der Waals surface area contributed by atoms with Gasteiger partial charge in [-0.2, -0.15) is 0 Å². The molecule has 2 saturated carbocycles. The Bertz CT molecular complexity index is 1790. The molecule has 288 valence electrons. The summed E-state index contributed by atoms with van der Waals surface area (Å²) < 4.78 is 40.0. The minimum absolute atomic E-state index is 0.0572. The smallest absolute Gasteiger partial charge is 0.407 e. The first-order chi connectivity index (χ1) is 25.2. The van der Waals surface area contributed by atoms with E-state index in [0.717, 1.165) is 48.8 Å². The third-order valence-corrected chi connectivity index (χ3v) is 12.9. The summed E-state index contributed by atoms with van der Waals surface area (Å²) in [5.74, 6) is -1.36. The Morgan fingerprint density at radius 1 is 0.981 bits per heavy atom. The van der Waals surface area contributed by atoms with Crippen molar-refractivity contribution in [1.29, 1.82) is 0 Å². The maximum Gasteiger partial charge on any atom is 0.407 e. The molecule has 6 rings (SSSR count). The molecule has 0 aromatic heterocycles. The summed E-state index contributed by atoms with van der Waals surface area (Å²) in [6, 6.07) is 14.1. The van der Waals surface area contributed by atoms with Gasteiger partial charge in [-0.15, -0.1) is 0 Å². The molecule has 4 aliphatic rings. The van der Waals surface area contributed by atoms with E-state index in [0.29, 0.717) is 31.4 Å². The van der Waals surface area contributed by atoms with Gasteiger partial charge in [0.25, 0.3) is 5.91 Å². The molecule has 3 N–H and O–H groups in total. The standard InChI is InChI=1S/C40H54N4O8S/c1-5-29-24-40(29,37(47)43-53(49,50)31-19-20-31)42-35(45)32-23-30-25-44(32)36(46)34(39(2,3)4)41-38(48)51-21-13-8-6-7-10-16-27-17-18-28(22-33(27)52-30)26-14-11-9-12-15-26/h9,11-12,14-15,17-18,22,29-32,34H,5-8,10,13,16,19-21,23-25H2,1-4H3,(H,41,48)(H,42,45)(H,43,47)/t29?,30-,32+,34-,40-/m1/s1. The summed E-state index contributed by atoms with van der Waals surface area (Å²) in [4.78, 5) is 56.9. The van der Waals surface area contributed by atoms with Gasteiger partial charge in [-0.05, 0) is 72.6 Å². The Balaban J connectivity index is 1.32. The molecule has 0 spiro atoms. The third-order valence-electron chi connectivity index (χ3n) is 11.1. The number of hydrogen-bond acceptors (Lipinski definition) is 8. The van der Waals surface area contributed by atoms with Gasteiger partial charge in [-0.1, -0.05) is 95.8 Å². The summed E-state index contributed by atoms with van der Waals surface area (Å²) in [5.41, 5.74) is 0.894. The number of rotatable bonds is 7. The number of alkyl carbamates (subject to hydrolysis) is 1. The molecule has 53 heavy (non-hydrogen) atoms. The van der Waals surface area contributed by atoms with Crippen molar-refractivity contribution in [2.75, 3.05) is 13.2 Å². The van der Waals surface area contributed by atoms with Crippen molar-refractivity contribution >= 4 is 33.8 Å². The first-order valence-corrected chi connectivity index (χ1v) is 20.7. The van der Waals surface area contributed by atoms with E-state index in [2.05, 4.69) is 27.5 Å². The number of fused-ring (bicyclic) bond motifs is 3. The molecule has 1 saturated heterocycles. The van der Waals surface area contributed by atoms with Crippen molar-refractivity contribution in [3.63, 3.8) is 0 Å². The van der Waals surface area contributed by atoms with Gasteiger partial charge < -0.3 is 25.0 Å². The maximum absolute atomic E-state index is 14.6. The molecule has 1 unspecified atom stereocenters. The fourth-order valence-corrected chi connectivity index (χ4v) is 8.98. The van der Waals surface area contributed by atoms with Crippen LogP contribution in [0.5, 0.6) is 5.75 Å². The molecular weight excluding hydrogens is 697 g/mol. The number of aryl methyl sites for hydroxylation is 1. The monoisotopic (exact) mass is 750 g/mol. The zero-order valence-electron chi connectivity index (χ0n) is 31.3. The number of cyclic esters (lactones) is 1. The molecule has 2 aliphatic carbocycles. The minimum atomic E-state index is -3.85. The van der Waals surface area contributed by atoms with E-state index in [1.165, 1.54) is 4.90 Å². The highest BCUT2D eigenvalue weighted by atomic mass is 32.2. The van der Waals surface area contributed by atoms with E-state index >= 15 is 0 Å². The lowest BCUT2D eigenvalue weighted by atomic mass is 9.85. The summed E-state index contributed by atoms with van der Waals surface area (Å²) in [7, 11) is -3.85. The third kappa shape index (κ3) is 8.99. The normalized spacial score (nSPS) is 27.2. The topological polar surface area (TPSA) is 160 Å². The van der Waals surface area contributed by atoms with Gasteiger partial charge in [0.2, 0.25) is 21.8 Å². The van der Waals surface area contributed by atoms with Crippen LogP contribution in [0, 0.1) is 11.3 Å². The van der Waals surface area contributed by atoms with Gasteiger partial charge in [-0.3, -0.25) is 19.1 Å². The van der Waals surface area contributed by atoms with Crippen molar-refractivity contribution in [2.24, 2.45) is 11.3 Å². The predicted octanol–water partition coefficient (Wildman–Crippen LogP) is 5.24. The fourth-order valence-electron chi connectivity index (χ4n) is 7.62. The zero-order chi connectivity index (χ0) is 38.0. The number of carbonyl (C=O) groups excluding carboxylic acids is 4. The van der Waals surface area contributed by atoms with Crippen molar-refractivity contribution in [1.82, 2.24) is 20.3 Å². The number of amides is 4. The molecule has 3 fully saturated rings. The Labute approximate surface area is 313 Å². The van der Waals surface area contributed by atoms with Crippen LogP contribution in [0.15, 0.2) is 48.5 Å². The van der Waals surface area contributed by atoms with Crippen LogP contribution in [0.3, 0.4) is 0 Å². The summed E-state index contributed by atoms with van der Waals surface area (Å²) >= 11 is 0. The minimum Gasteiger partial charge on any atom is -0.488 e. The van der Waals surface area contributed by atoms with E-state index in [4.69, 9.17) is 9.47 Å². The first kappa shape index (κ1) is 38.6. The van der Waals surface area contributed by atoms with E-state index in [1.54, 1.807) is 0 Å². The molecule has 2 aromatic rings. The summed E-state index contributed by atoms with van der Waals surface area (Å²) in [5, 5.41) is 5.08. The van der Waals surface area contributed by atoms with E-state index in [9.17, 15) is 27.6 Å². The molecule has 5 atom stereocenters. The number of hydrogen-bond donors (Lipinski definition) is 3. The first-order valence-electron chi connectivity index (χ1n) is 19.2. The average Bonchev–Trinajstić information content (AvgIpc) is 4.05. The molecule has 4 amide bonds. The second-order valence-corrected chi connectivity index (χ2v) is 18.2. The van der Waals surface area contributed by atoms with Crippen LogP contribution in [-0.4, -0.2) is 79.3 Å². The van der Waals surface area contributed by atoms with Crippen LogP contribution >= 0.6 is 0 Å². The Morgan fingerprint density at radius 2 is 1.70 bits per heavy atom. The summed E-state index contributed by atoms with van der Waals surface area (Å²) in [6.45, 7) is 7.67. The Morgan fingerprint density at radius 3 is 2.38 bits per heavy atom. The van der Waals surface area contributed by atoms with Gasteiger partial charge in [0.1, 0.15) is 29.5 Å². The predicted molar refractivity (Wildman–Crippen MR) is 200 cm³/mol. The molecule has 2 aromatic carbocycles. The second-order valence-electron chi connectivity index (χ2n) is 16.2. The van der Waals surface area contributed by atoms with Crippen LogP contribution in [0.25, 0.3) is 11.1 Å². The maximum atomic E-state index is 14.6. The SMILES string of the molecule is CCC1C[C@]1(NC(=O)[C@@H]1C[C@@H]2CN1C(=O)[C@H](C(C)(C)C)NC(=O)OCCCCCCCc1ccc(-c3ccccc3)cc1O2)C(=O)NS(=O)(=O)C1CC1. The van der Waals surface area contributed by atoms with Crippen LogP contribution in [0.4, 0.5) is 4.79 Å². The van der Waals surface area contributed by atoms with Crippen molar-refractivity contribution in [2.45, 2.75) is 127 Å². The lowest BCUT2D eigenvalue weighted by Gasteiger charge is -2.35. The van der Waals surface area contributed by atoms with Crippen molar-refractivity contribution in [3.05, 3.63) is 54.1 Å². The lowest BCUT2D eigenvalue weighted by Crippen LogP contribution is -2.60. The van der Waals surface area contributed by atoms with E-state index in [-0.39, 0.29) is 31.9 Å². The second kappa shape index (κ2) is 15.7. The van der Waals surface area contributed by atoms with Crippen molar-refractivity contribution < 1.29 is 37.1 Å². The number of carbonyl (C=O) groups is 4. The van der Waals surface area contributed by atoms with Crippen LogP contribution in [-0.2, 0) is 35.6 Å². The molecule has 2 heterocycles. The Hall–Kier alpha value is -4.13. The zero-order valence-corrected chi connectivity index (χ0v) is 32.1. The summed E-state index contributed by atoms with van der Waals surface area (Å²) in [6.07, 6.45) is 5.98. The number of benzene rings is 2. The quantitative estimate of drug-likeness (QED) is 0.347. The number of sulfonamides is 1. The lowest BCUT2D eigenvalue weighted by molar-refractivity contribution is -0.142. The molecule has 12 nitrogen and oxygen atoms in total. The van der Waals surface area contributed by atoms with Gasteiger partial charge in [0.05, 0.1) is 18.4 Å². The highest BCUT2D eigenvalue weighted by Gasteiger charge is 2.62. The largest absolute Gasteiger partial charge is 0.488 e. The highest BCUT2D eigenvalue weighted by molar-refractivity contribution is 7.91. The molecule has 2 aliphatic heterocycles. The Kier molecular flexibility index (Phi) is 11.4. The molecule has 13 heteroatoms. The van der Waals surface area contributed by atoms with Crippen LogP contribution in [0.1, 0.15) is 97.5 Å². The van der Waals surface area contributed by atoms with Gasteiger partial charge in [0.15, 0.2) is 0 Å². The number of nitrogens with zero attached hydrogens (tertiary/aromatic N) is 1. The molecule has 0 radical (unpaired) electrons. The number of nitrogens with one attached hydrogen (secondary N) is 3. The van der Waals surface area contributed by atoms with Crippen molar-refractivity contribution in [3.8, 4) is 16.9 Å². The van der Waals surface area contributed by atoms with E-state index < -0.39 is 68.2 Å². The molecule has 2 bridgehead atoms. The van der Waals surface area contributed by atoms with Gasteiger partial charge in [0, 0.05) is 6.42 Å². The van der Waals surface area contributed by atoms with E-state index in [1.807, 2.05) is 64.1 Å². The van der Waals surface area contributed by atoms with Crippen LogP contribution in [0.2, 0.25) is 0 Å². The van der Waals surface area contributed by atoms with Gasteiger partial charge >= 0.3 is 6.09 Å². The van der Waals surface area contributed by atoms with Crippen LogP contribution < -0.4 is 20.1 Å². The fraction of sp³-hybridized carbons (Fsp3) is 0.600. The average molecular weight is 751 g/mol. The molecular formula is C40H54N4O8S. The van der Waals surface area contributed by atoms with Gasteiger partial charge in [-0.25, -0.2) is 13.2 Å².